The molecule has 1 rings (SSSR count). The fraction of sp³-hybridized carbons (Fsp3) is 0.786. The second kappa shape index (κ2) is 8.77. The van der Waals surface area contributed by atoms with Crippen molar-refractivity contribution in [2.45, 2.75) is 59.5 Å². The van der Waals surface area contributed by atoms with Gasteiger partial charge in [-0.25, -0.2) is 0 Å². The van der Waals surface area contributed by atoms with Gasteiger partial charge in [-0.1, -0.05) is 6.92 Å². The lowest BCUT2D eigenvalue weighted by molar-refractivity contribution is -0.189. The number of aromatic nitrogens is 2. The van der Waals surface area contributed by atoms with Crippen LogP contribution in [0.1, 0.15) is 39.1 Å². The Balaban J connectivity index is 2.87. The predicted octanol–water partition coefficient (Wildman–Crippen LogP) is 2.53. The first-order valence-corrected chi connectivity index (χ1v) is 8.03. The molecule has 0 saturated carbocycles. The van der Waals surface area contributed by atoms with Crippen LogP contribution in [0.15, 0.2) is 4.47 Å². The number of halogens is 1. The Kier molecular flexibility index (Phi) is 7.72. The number of rotatable bonds is 9. The number of ether oxygens (including phenoxy) is 2. The monoisotopic (exact) mass is 348 g/mol. The summed E-state index contributed by atoms with van der Waals surface area (Å²) in [5, 5.41) is 14.9. The molecule has 1 aromatic heterocycles. The molecule has 1 N–H and O–H groups in total. The highest BCUT2D eigenvalue weighted by Crippen LogP contribution is 2.24. The molecule has 6 heteroatoms. The van der Waals surface area contributed by atoms with Crippen LogP contribution >= 0.6 is 15.9 Å². The van der Waals surface area contributed by atoms with E-state index in [4.69, 9.17) is 9.47 Å². The zero-order chi connectivity index (χ0) is 15.1. The van der Waals surface area contributed by atoms with E-state index < -0.39 is 12.4 Å². The van der Waals surface area contributed by atoms with Gasteiger partial charge in [-0.15, -0.1) is 0 Å². The molecule has 1 atom stereocenters. The third kappa shape index (κ3) is 4.28. The van der Waals surface area contributed by atoms with Crippen LogP contribution in [0.4, 0.5) is 0 Å². The zero-order valence-corrected chi connectivity index (χ0v) is 14.3. The van der Waals surface area contributed by atoms with E-state index in [0.717, 1.165) is 28.8 Å². The maximum atomic E-state index is 10.3. The van der Waals surface area contributed by atoms with Crippen molar-refractivity contribution in [1.82, 2.24) is 9.78 Å². The summed E-state index contributed by atoms with van der Waals surface area (Å²) in [5.41, 5.74) is 2.00. The molecular formula is C14H25BrN2O3. The predicted molar refractivity (Wildman–Crippen MR) is 81.7 cm³/mol. The molecule has 0 aliphatic rings. The minimum Gasteiger partial charge on any atom is -0.387 e. The molecule has 1 aromatic rings. The maximum absolute atomic E-state index is 10.3. The molecule has 0 fully saturated rings. The average Bonchev–Trinajstić information content (AvgIpc) is 2.75. The minimum absolute atomic E-state index is 0.450. The molecule has 116 valence electrons. The molecule has 0 amide bonds. The molecule has 1 heterocycles. The van der Waals surface area contributed by atoms with Gasteiger partial charge in [0.1, 0.15) is 6.10 Å². The van der Waals surface area contributed by atoms with Crippen molar-refractivity contribution in [3.05, 3.63) is 15.9 Å². The number of hydrogen-bond donors (Lipinski definition) is 1. The van der Waals surface area contributed by atoms with Crippen LogP contribution < -0.4 is 0 Å². The first kappa shape index (κ1) is 17.6. The molecule has 0 radical (unpaired) electrons. The average molecular weight is 349 g/mol. The maximum Gasteiger partial charge on any atom is 0.183 e. The highest BCUT2D eigenvalue weighted by molar-refractivity contribution is 9.10. The number of aliphatic hydroxyl groups excluding tert-OH is 1. The summed E-state index contributed by atoms with van der Waals surface area (Å²) >= 11 is 3.58. The van der Waals surface area contributed by atoms with Crippen molar-refractivity contribution in [3.8, 4) is 0 Å². The highest BCUT2D eigenvalue weighted by atomic mass is 79.9. The minimum atomic E-state index is -0.710. The van der Waals surface area contributed by atoms with Crippen LogP contribution in [-0.2, 0) is 28.9 Å². The molecule has 0 aliphatic heterocycles. The van der Waals surface area contributed by atoms with Crippen molar-refractivity contribution in [2.24, 2.45) is 0 Å². The van der Waals surface area contributed by atoms with Gasteiger partial charge in [0.15, 0.2) is 6.29 Å². The fourth-order valence-electron chi connectivity index (χ4n) is 2.11. The third-order valence-electron chi connectivity index (χ3n) is 3.07. The molecular weight excluding hydrogens is 324 g/mol. The normalized spacial score (nSPS) is 13.2. The zero-order valence-electron chi connectivity index (χ0n) is 12.7. The Hall–Kier alpha value is -0.430. The van der Waals surface area contributed by atoms with E-state index in [-0.39, 0.29) is 0 Å². The summed E-state index contributed by atoms with van der Waals surface area (Å²) in [5.74, 6) is 0. The number of aryl methyl sites for hydroxylation is 2. The molecule has 20 heavy (non-hydrogen) atoms. The Morgan fingerprint density at radius 1 is 1.20 bits per heavy atom. The second-order valence-electron chi connectivity index (χ2n) is 4.43. The SMILES string of the molecule is CCOC(OCC)C(O)Cc1c(Br)c(CC)nn1CC. The van der Waals surface area contributed by atoms with Crippen LogP contribution in [0.5, 0.6) is 0 Å². The number of aliphatic hydroxyl groups is 1. The van der Waals surface area contributed by atoms with Crippen molar-refractivity contribution in [3.63, 3.8) is 0 Å². The Morgan fingerprint density at radius 3 is 2.25 bits per heavy atom. The van der Waals surface area contributed by atoms with Gasteiger partial charge in [0, 0.05) is 26.2 Å². The quantitative estimate of drug-likeness (QED) is 0.696. The van der Waals surface area contributed by atoms with E-state index in [2.05, 4.69) is 28.0 Å². The lowest BCUT2D eigenvalue weighted by Gasteiger charge is -2.22. The first-order valence-electron chi connectivity index (χ1n) is 7.24. The number of nitrogens with zero attached hydrogens (tertiary/aromatic N) is 2. The van der Waals surface area contributed by atoms with Crippen LogP contribution in [0, 0.1) is 0 Å². The van der Waals surface area contributed by atoms with E-state index in [1.165, 1.54) is 0 Å². The third-order valence-corrected chi connectivity index (χ3v) is 3.99. The van der Waals surface area contributed by atoms with E-state index in [1.807, 2.05) is 25.5 Å². The first-order chi connectivity index (χ1) is 9.58. The molecule has 0 spiro atoms. The van der Waals surface area contributed by atoms with E-state index >= 15 is 0 Å². The summed E-state index contributed by atoms with van der Waals surface area (Å²) in [6.07, 6.45) is 0.00317. The van der Waals surface area contributed by atoms with Gasteiger partial charge >= 0.3 is 0 Å². The largest absolute Gasteiger partial charge is 0.387 e. The Labute approximate surface area is 129 Å². The lowest BCUT2D eigenvalue weighted by atomic mass is 10.1. The van der Waals surface area contributed by atoms with Crippen molar-refractivity contribution < 1.29 is 14.6 Å². The van der Waals surface area contributed by atoms with Gasteiger partial charge in [-0.3, -0.25) is 4.68 Å². The molecule has 0 aromatic carbocycles. The standard InChI is InChI=1S/C14H25BrN2O3/c1-5-10-13(15)11(17(6-2)16-10)9-12(18)14(19-7-3)20-8-4/h12,14,18H,5-9H2,1-4H3. The van der Waals surface area contributed by atoms with E-state index in [1.54, 1.807) is 0 Å². The van der Waals surface area contributed by atoms with E-state index in [0.29, 0.717) is 19.6 Å². The highest BCUT2D eigenvalue weighted by Gasteiger charge is 2.24. The molecule has 0 bridgehead atoms. The topological polar surface area (TPSA) is 56.5 Å². The molecule has 0 aliphatic carbocycles. The smallest absolute Gasteiger partial charge is 0.183 e. The van der Waals surface area contributed by atoms with Gasteiger partial charge in [0.05, 0.1) is 15.9 Å². The van der Waals surface area contributed by atoms with Crippen LogP contribution in [0.25, 0.3) is 0 Å². The van der Waals surface area contributed by atoms with Crippen molar-refractivity contribution in [1.29, 1.82) is 0 Å². The summed E-state index contributed by atoms with van der Waals surface area (Å²) in [4.78, 5) is 0. The molecule has 0 saturated heterocycles. The van der Waals surface area contributed by atoms with Gasteiger partial charge in [-0.2, -0.15) is 5.10 Å². The lowest BCUT2D eigenvalue weighted by Crippen LogP contribution is -2.34. The second-order valence-corrected chi connectivity index (χ2v) is 5.22. The van der Waals surface area contributed by atoms with Crippen LogP contribution in [0.2, 0.25) is 0 Å². The Morgan fingerprint density at radius 2 is 1.80 bits per heavy atom. The van der Waals surface area contributed by atoms with E-state index in [9.17, 15) is 5.11 Å². The van der Waals surface area contributed by atoms with Crippen LogP contribution in [0.3, 0.4) is 0 Å². The van der Waals surface area contributed by atoms with Crippen LogP contribution in [-0.4, -0.2) is 40.5 Å². The van der Waals surface area contributed by atoms with Gasteiger partial charge < -0.3 is 14.6 Å². The summed E-state index contributed by atoms with van der Waals surface area (Å²) in [6, 6.07) is 0. The Bertz CT molecular complexity index is 403. The molecule has 5 nitrogen and oxygen atoms in total. The van der Waals surface area contributed by atoms with Crippen molar-refractivity contribution >= 4 is 15.9 Å². The van der Waals surface area contributed by atoms with Crippen molar-refractivity contribution in [2.75, 3.05) is 13.2 Å². The summed E-state index contributed by atoms with van der Waals surface area (Å²) in [6.45, 7) is 9.68. The van der Waals surface area contributed by atoms with Gasteiger partial charge in [-0.05, 0) is 43.1 Å². The summed E-state index contributed by atoms with van der Waals surface area (Å²) in [7, 11) is 0. The molecule has 1 unspecified atom stereocenters. The van der Waals surface area contributed by atoms with Gasteiger partial charge in [0.2, 0.25) is 0 Å². The fourth-order valence-corrected chi connectivity index (χ4v) is 2.83. The summed E-state index contributed by atoms with van der Waals surface area (Å²) < 4.78 is 13.8. The number of hydrogen-bond acceptors (Lipinski definition) is 4. The van der Waals surface area contributed by atoms with Gasteiger partial charge in [0.25, 0.3) is 0 Å².